The quantitative estimate of drug-likeness (QED) is 0.614. The van der Waals surface area contributed by atoms with Crippen LogP contribution in [0, 0.1) is 0 Å². The molecule has 0 amide bonds. The largest absolute Gasteiger partial charge is 0.478 e. The molecule has 11 heavy (non-hydrogen) atoms. The third-order valence-corrected chi connectivity index (χ3v) is 1.54. The Labute approximate surface area is 67.2 Å². The fraction of sp³-hybridized carbons (Fsp3) is 0.333. The van der Waals surface area contributed by atoms with Crippen LogP contribution in [-0.4, -0.2) is 13.3 Å². The molecule has 2 nitrogen and oxygen atoms in total. The summed E-state index contributed by atoms with van der Waals surface area (Å²) < 4.78 is 5.33. The lowest BCUT2D eigenvalue weighted by molar-refractivity contribution is 0.176. The van der Waals surface area contributed by atoms with E-state index >= 15 is 0 Å². The van der Waals surface area contributed by atoms with E-state index in [1.807, 2.05) is 19.1 Å². The highest BCUT2D eigenvalue weighted by Crippen LogP contribution is 2.13. The van der Waals surface area contributed by atoms with Crippen LogP contribution in [0.5, 0.6) is 0 Å². The molecule has 1 aliphatic rings. The van der Waals surface area contributed by atoms with Gasteiger partial charge >= 0.3 is 0 Å². The molecule has 0 unspecified atom stereocenters. The first-order chi connectivity index (χ1) is 5.38. The predicted octanol–water partition coefficient (Wildman–Crippen LogP) is 1.58. The molecular weight excluding hydrogens is 138 g/mol. The van der Waals surface area contributed by atoms with Gasteiger partial charge in [-0.05, 0) is 13.0 Å². The van der Waals surface area contributed by atoms with Gasteiger partial charge in [0.25, 0.3) is 0 Å². The van der Waals surface area contributed by atoms with Crippen LogP contribution in [0.3, 0.4) is 0 Å². The van der Waals surface area contributed by atoms with Gasteiger partial charge in [0.15, 0.2) is 0 Å². The van der Waals surface area contributed by atoms with Gasteiger partial charge in [0.1, 0.15) is 12.5 Å². The standard InChI is InChI=1S/C9H13NO/c1-3-5-8-6-10-7-11-9(8)4-2/h3-5,10H,1,6-7H2,2H3/b8-5-,9-4+. The van der Waals surface area contributed by atoms with Crippen LogP contribution in [0.2, 0.25) is 0 Å². The van der Waals surface area contributed by atoms with Crippen LogP contribution in [-0.2, 0) is 4.74 Å². The maximum Gasteiger partial charge on any atom is 0.139 e. The van der Waals surface area contributed by atoms with Gasteiger partial charge in [-0.25, -0.2) is 0 Å². The van der Waals surface area contributed by atoms with Gasteiger partial charge in [-0.2, -0.15) is 0 Å². The molecule has 0 aromatic heterocycles. The molecule has 1 aliphatic heterocycles. The fourth-order valence-corrected chi connectivity index (χ4v) is 1.05. The van der Waals surface area contributed by atoms with Crippen LogP contribution in [0.4, 0.5) is 0 Å². The minimum absolute atomic E-state index is 0.605. The second-order valence-electron chi connectivity index (χ2n) is 2.30. The minimum Gasteiger partial charge on any atom is -0.478 e. The van der Waals surface area contributed by atoms with E-state index in [1.54, 1.807) is 6.08 Å². The van der Waals surface area contributed by atoms with Gasteiger partial charge in [-0.3, -0.25) is 5.32 Å². The lowest BCUT2D eigenvalue weighted by Gasteiger charge is -2.19. The normalized spacial score (nSPS) is 25.2. The molecular formula is C9H13NO. The van der Waals surface area contributed by atoms with Crippen molar-refractivity contribution in [3.05, 3.63) is 36.1 Å². The summed E-state index contributed by atoms with van der Waals surface area (Å²) in [6, 6.07) is 0. The van der Waals surface area contributed by atoms with Gasteiger partial charge in [0.2, 0.25) is 0 Å². The first kappa shape index (κ1) is 8.08. The Morgan fingerprint density at radius 1 is 1.64 bits per heavy atom. The molecule has 1 rings (SSSR count). The Balaban J connectivity index is 2.74. The van der Waals surface area contributed by atoms with E-state index in [-0.39, 0.29) is 0 Å². The number of ether oxygens (including phenoxy) is 1. The molecule has 1 N–H and O–H groups in total. The fourth-order valence-electron chi connectivity index (χ4n) is 1.05. The minimum atomic E-state index is 0.605. The number of allylic oxidation sites excluding steroid dienone is 3. The van der Waals surface area contributed by atoms with Crippen molar-refractivity contribution >= 4 is 0 Å². The highest BCUT2D eigenvalue weighted by Gasteiger charge is 2.09. The summed E-state index contributed by atoms with van der Waals surface area (Å²) in [5.41, 5.74) is 1.16. The number of rotatable bonds is 1. The highest BCUT2D eigenvalue weighted by atomic mass is 16.5. The summed E-state index contributed by atoms with van der Waals surface area (Å²) in [7, 11) is 0. The van der Waals surface area contributed by atoms with Crippen molar-refractivity contribution in [2.24, 2.45) is 0 Å². The molecule has 0 saturated carbocycles. The van der Waals surface area contributed by atoms with Crippen molar-refractivity contribution in [3.8, 4) is 0 Å². The van der Waals surface area contributed by atoms with Crippen LogP contribution in [0.1, 0.15) is 6.92 Å². The van der Waals surface area contributed by atoms with E-state index in [2.05, 4.69) is 11.9 Å². The molecule has 60 valence electrons. The molecule has 0 aromatic rings. The van der Waals surface area contributed by atoms with Crippen molar-refractivity contribution < 1.29 is 4.74 Å². The average molecular weight is 151 g/mol. The zero-order valence-corrected chi connectivity index (χ0v) is 6.76. The third-order valence-electron chi connectivity index (χ3n) is 1.54. The van der Waals surface area contributed by atoms with Crippen molar-refractivity contribution in [1.82, 2.24) is 5.32 Å². The molecule has 1 heterocycles. The monoisotopic (exact) mass is 151 g/mol. The Hall–Kier alpha value is -1.02. The van der Waals surface area contributed by atoms with Crippen LogP contribution < -0.4 is 5.32 Å². The SMILES string of the molecule is C=C/C=C1/CNCO/C1=C/C. The average Bonchev–Trinajstić information content (AvgIpc) is 2.06. The van der Waals surface area contributed by atoms with E-state index < -0.39 is 0 Å². The van der Waals surface area contributed by atoms with Crippen LogP contribution in [0.15, 0.2) is 36.1 Å². The first-order valence-corrected chi connectivity index (χ1v) is 3.70. The topological polar surface area (TPSA) is 21.3 Å². The van der Waals surface area contributed by atoms with Crippen molar-refractivity contribution in [3.63, 3.8) is 0 Å². The molecule has 0 radical (unpaired) electrons. The van der Waals surface area contributed by atoms with Gasteiger partial charge in [-0.1, -0.05) is 18.7 Å². The summed E-state index contributed by atoms with van der Waals surface area (Å²) >= 11 is 0. The Morgan fingerprint density at radius 2 is 2.45 bits per heavy atom. The van der Waals surface area contributed by atoms with Crippen LogP contribution in [0.25, 0.3) is 0 Å². The van der Waals surface area contributed by atoms with E-state index in [1.165, 1.54) is 0 Å². The Morgan fingerprint density at radius 3 is 3.09 bits per heavy atom. The summed E-state index contributed by atoms with van der Waals surface area (Å²) in [5.74, 6) is 0.962. The Kier molecular flexibility index (Phi) is 2.93. The number of hydrogen-bond donors (Lipinski definition) is 1. The third kappa shape index (κ3) is 1.95. The summed E-state index contributed by atoms with van der Waals surface area (Å²) in [6.45, 7) is 7.08. The summed E-state index contributed by atoms with van der Waals surface area (Å²) in [5, 5.41) is 3.10. The zero-order valence-electron chi connectivity index (χ0n) is 6.76. The first-order valence-electron chi connectivity index (χ1n) is 3.70. The van der Waals surface area contributed by atoms with Crippen molar-refractivity contribution in [2.75, 3.05) is 13.3 Å². The maximum absolute atomic E-state index is 5.33. The molecule has 2 heteroatoms. The molecule has 1 saturated heterocycles. The molecule has 0 aromatic carbocycles. The molecule has 0 aliphatic carbocycles. The predicted molar refractivity (Wildman–Crippen MR) is 46.0 cm³/mol. The molecule has 0 atom stereocenters. The highest BCUT2D eigenvalue weighted by molar-refractivity contribution is 5.31. The van der Waals surface area contributed by atoms with E-state index in [9.17, 15) is 0 Å². The smallest absolute Gasteiger partial charge is 0.139 e. The van der Waals surface area contributed by atoms with Crippen molar-refractivity contribution in [2.45, 2.75) is 6.92 Å². The van der Waals surface area contributed by atoms with E-state index in [0.717, 1.165) is 17.9 Å². The maximum atomic E-state index is 5.33. The zero-order chi connectivity index (χ0) is 8.10. The van der Waals surface area contributed by atoms with Gasteiger partial charge in [0, 0.05) is 12.1 Å². The molecule has 1 fully saturated rings. The molecule has 0 spiro atoms. The summed E-state index contributed by atoms with van der Waals surface area (Å²) in [6.07, 6.45) is 5.70. The van der Waals surface area contributed by atoms with Gasteiger partial charge in [-0.15, -0.1) is 0 Å². The molecule has 0 bridgehead atoms. The lowest BCUT2D eigenvalue weighted by Crippen LogP contribution is -2.27. The second kappa shape index (κ2) is 3.98. The Bertz CT molecular complexity index is 204. The number of hydrogen-bond acceptors (Lipinski definition) is 2. The van der Waals surface area contributed by atoms with Gasteiger partial charge < -0.3 is 4.74 Å². The van der Waals surface area contributed by atoms with E-state index in [4.69, 9.17) is 4.74 Å². The van der Waals surface area contributed by atoms with Gasteiger partial charge in [0.05, 0.1) is 0 Å². The van der Waals surface area contributed by atoms with E-state index in [0.29, 0.717) is 6.73 Å². The van der Waals surface area contributed by atoms with Crippen LogP contribution >= 0.6 is 0 Å². The number of nitrogens with one attached hydrogen (secondary N) is 1. The summed E-state index contributed by atoms with van der Waals surface area (Å²) in [4.78, 5) is 0. The van der Waals surface area contributed by atoms with Crippen molar-refractivity contribution in [1.29, 1.82) is 0 Å². The second-order valence-corrected chi connectivity index (χ2v) is 2.30. The lowest BCUT2D eigenvalue weighted by atomic mass is 10.2.